The van der Waals surface area contributed by atoms with Gasteiger partial charge in [0.1, 0.15) is 0 Å². The van der Waals surface area contributed by atoms with Gasteiger partial charge in [0, 0.05) is 5.41 Å². The Balaban J connectivity index is 2.39. The summed E-state index contributed by atoms with van der Waals surface area (Å²) in [6.45, 7) is 6.03. The summed E-state index contributed by atoms with van der Waals surface area (Å²) < 4.78 is 0. The summed E-state index contributed by atoms with van der Waals surface area (Å²) >= 11 is 0. The van der Waals surface area contributed by atoms with Crippen molar-refractivity contribution in [1.29, 1.82) is 0 Å². The van der Waals surface area contributed by atoms with E-state index in [1.165, 1.54) is 0 Å². The molecule has 0 aliphatic heterocycles. The molecule has 0 radical (unpaired) electrons. The maximum Gasteiger partial charge on any atom is 0.307 e. The molecule has 0 heterocycles. The standard InChI is InChI=1S/C10H16O3/c1-9(2)5-4-6(11)10(9,3)7(5)8(12)13/h5-7,11H,4H2,1-3H3,(H,12,13)/t5-,6-,7+,10+/m1/s1. The van der Waals surface area contributed by atoms with Gasteiger partial charge in [-0.25, -0.2) is 0 Å². The molecule has 3 aliphatic carbocycles. The lowest BCUT2D eigenvalue weighted by Crippen LogP contribution is -2.60. The lowest BCUT2D eigenvalue weighted by Gasteiger charge is -2.58. The molecular formula is C10H16O3. The molecular weight excluding hydrogens is 168 g/mol. The maximum absolute atomic E-state index is 11.0. The fourth-order valence-corrected chi connectivity index (χ4v) is 3.52. The summed E-state index contributed by atoms with van der Waals surface area (Å²) in [6.07, 6.45) is 0.217. The second-order valence-electron chi connectivity index (χ2n) is 5.18. The monoisotopic (exact) mass is 184 g/mol. The lowest BCUT2D eigenvalue weighted by molar-refractivity contribution is -0.187. The SMILES string of the molecule is CC1(C)[C@@H]2C[C@@H](O)[C@@]1(C)[C@@H]2C(=O)O. The van der Waals surface area contributed by atoms with Crippen molar-refractivity contribution >= 4 is 5.97 Å². The molecule has 4 atom stereocenters. The van der Waals surface area contributed by atoms with Gasteiger partial charge >= 0.3 is 5.97 Å². The molecule has 0 aromatic carbocycles. The van der Waals surface area contributed by atoms with E-state index in [1.807, 2.05) is 6.92 Å². The fourth-order valence-electron chi connectivity index (χ4n) is 3.52. The van der Waals surface area contributed by atoms with Gasteiger partial charge in [-0.1, -0.05) is 20.8 Å². The second kappa shape index (κ2) is 2.08. The van der Waals surface area contributed by atoms with Gasteiger partial charge in [0.05, 0.1) is 12.0 Å². The number of aliphatic hydroxyl groups excluding tert-OH is 1. The van der Waals surface area contributed by atoms with Gasteiger partial charge < -0.3 is 10.2 Å². The lowest BCUT2D eigenvalue weighted by atomic mass is 9.45. The third-order valence-electron chi connectivity index (χ3n) is 4.80. The van der Waals surface area contributed by atoms with Crippen LogP contribution >= 0.6 is 0 Å². The first-order valence-corrected chi connectivity index (χ1v) is 4.74. The normalized spacial score (nSPS) is 51.5. The van der Waals surface area contributed by atoms with Crippen LogP contribution in [0.5, 0.6) is 0 Å². The van der Waals surface area contributed by atoms with Crippen LogP contribution in [0.25, 0.3) is 0 Å². The number of carbonyl (C=O) groups is 1. The van der Waals surface area contributed by atoms with E-state index in [4.69, 9.17) is 5.11 Å². The Morgan fingerprint density at radius 1 is 1.38 bits per heavy atom. The molecule has 2 bridgehead atoms. The van der Waals surface area contributed by atoms with Crippen LogP contribution in [-0.4, -0.2) is 22.3 Å². The number of fused-ring (bicyclic) bond motifs is 1. The third kappa shape index (κ3) is 0.688. The first-order valence-electron chi connectivity index (χ1n) is 4.74. The van der Waals surface area contributed by atoms with Crippen LogP contribution < -0.4 is 0 Å². The Labute approximate surface area is 77.8 Å². The summed E-state index contributed by atoms with van der Waals surface area (Å²) in [6, 6.07) is 0. The van der Waals surface area contributed by atoms with Gasteiger partial charge in [0.25, 0.3) is 0 Å². The Kier molecular flexibility index (Phi) is 1.44. The summed E-state index contributed by atoms with van der Waals surface area (Å²) in [5.74, 6) is -0.925. The van der Waals surface area contributed by atoms with Crippen molar-refractivity contribution in [3.63, 3.8) is 0 Å². The van der Waals surface area contributed by atoms with Crippen LogP contribution in [0, 0.1) is 22.7 Å². The van der Waals surface area contributed by atoms with Gasteiger partial charge in [0.15, 0.2) is 0 Å². The van der Waals surface area contributed by atoms with E-state index in [0.29, 0.717) is 6.42 Å². The van der Waals surface area contributed by atoms with E-state index in [9.17, 15) is 9.90 Å². The van der Waals surface area contributed by atoms with E-state index in [1.54, 1.807) is 0 Å². The quantitative estimate of drug-likeness (QED) is 0.642. The van der Waals surface area contributed by atoms with Gasteiger partial charge in [-0.05, 0) is 17.8 Å². The molecule has 0 aromatic rings. The molecule has 3 heteroatoms. The first kappa shape index (κ1) is 9.00. The van der Waals surface area contributed by atoms with Crippen molar-refractivity contribution in [2.75, 3.05) is 0 Å². The number of carboxylic acid groups (broad SMARTS) is 1. The van der Waals surface area contributed by atoms with Gasteiger partial charge in [-0.15, -0.1) is 0 Å². The summed E-state index contributed by atoms with van der Waals surface area (Å²) in [7, 11) is 0. The van der Waals surface area contributed by atoms with E-state index < -0.39 is 17.5 Å². The van der Waals surface area contributed by atoms with Crippen molar-refractivity contribution in [2.24, 2.45) is 22.7 Å². The highest BCUT2D eigenvalue weighted by molar-refractivity contribution is 5.74. The predicted octanol–water partition coefficient (Wildman–Crippen LogP) is 1.11. The Morgan fingerprint density at radius 3 is 2.08 bits per heavy atom. The number of hydrogen-bond donors (Lipinski definition) is 2. The van der Waals surface area contributed by atoms with Crippen molar-refractivity contribution in [1.82, 2.24) is 0 Å². The highest BCUT2D eigenvalue weighted by Crippen LogP contribution is 2.73. The molecule has 0 aromatic heterocycles. The number of hydrogen-bond acceptors (Lipinski definition) is 2. The molecule has 13 heavy (non-hydrogen) atoms. The molecule has 0 unspecified atom stereocenters. The van der Waals surface area contributed by atoms with Gasteiger partial charge in [0.2, 0.25) is 0 Å². The van der Waals surface area contributed by atoms with E-state index in [2.05, 4.69) is 13.8 Å². The molecule has 3 aliphatic rings. The van der Waals surface area contributed by atoms with E-state index in [0.717, 1.165) is 0 Å². The van der Waals surface area contributed by atoms with Crippen LogP contribution in [0.2, 0.25) is 0 Å². The zero-order valence-corrected chi connectivity index (χ0v) is 8.24. The zero-order chi connectivity index (χ0) is 10.0. The summed E-state index contributed by atoms with van der Waals surface area (Å²) in [4.78, 5) is 11.0. The predicted molar refractivity (Wildman–Crippen MR) is 47.1 cm³/mol. The topological polar surface area (TPSA) is 57.5 Å². The average Bonchev–Trinajstić information content (AvgIpc) is 2.35. The average molecular weight is 184 g/mol. The first-order chi connectivity index (χ1) is 5.83. The third-order valence-corrected chi connectivity index (χ3v) is 4.80. The number of carboxylic acids is 1. The highest BCUT2D eigenvalue weighted by Gasteiger charge is 2.75. The van der Waals surface area contributed by atoms with Crippen molar-refractivity contribution < 1.29 is 15.0 Å². The smallest absolute Gasteiger partial charge is 0.307 e. The molecule has 3 fully saturated rings. The van der Waals surface area contributed by atoms with Crippen LogP contribution in [0.1, 0.15) is 27.2 Å². The summed E-state index contributed by atoms with van der Waals surface area (Å²) in [5.41, 5.74) is -0.432. The molecule has 0 saturated heterocycles. The fraction of sp³-hybridized carbons (Fsp3) is 0.900. The molecule has 0 spiro atoms. The molecule has 74 valence electrons. The number of rotatable bonds is 1. The van der Waals surface area contributed by atoms with Crippen molar-refractivity contribution in [2.45, 2.75) is 33.3 Å². The van der Waals surface area contributed by atoms with Crippen LogP contribution in [0.3, 0.4) is 0 Å². The van der Waals surface area contributed by atoms with Gasteiger partial charge in [-0.2, -0.15) is 0 Å². The minimum absolute atomic E-state index is 0.0184. The molecule has 3 nitrogen and oxygen atoms in total. The Bertz CT molecular complexity index is 271. The highest BCUT2D eigenvalue weighted by atomic mass is 16.4. The van der Waals surface area contributed by atoms with Crippen LogP contribution in [0.4, 0.5) is 0 Å². The number of aliphatic hydroxyl groups is 1. The molecule has 0 amide bonds. The second-order valence-corrected chi connectivity index (χ2v) is 5.18. The van der Waals surface area contributed by atoms with Crippen LogP contribution in [0.15, 0.2) is 0 Å². The van der Waals surface area contributed by atoms with Crippen LogP contribution in [-0.2, 0) is 4.79 Å². The minimum Gasteiger partial charge on any atom is -0.481 e. The summed E-state index contributed by atoms with van der Waals surface area (Å²) in [5, 5.41) is 18.8. The minimum atomic E-state index is -0.747. The zero-order valence-electron chi connectivity index (χ0n) is 8.24. The van der Waals surface area contributed by atoms with Crippen molar-refractivity contribution in [3.05, 3.63) is 0 Å². The van der Waals surface area contributed by atoms with E-state index in [-0.39, 0.29) is 17.3 Å². The van der Waals surface area contributed by atoms with Crippen molar-refractivity contribution in [3.8, 4) is 0 Å². The maximum atomic E-state index is 11.0. The molecule has 3 saturated carbocycles. The van der Waals surface area contributed by atoms with Gasteiger partial charge in [-0.3, -0.25) is 4.79 Å². The molecule has 2 N–H and O–H groups in total. The number of aliphatic carboxylic acids is 1. The largest absolute Gasteiger partial charge is 0.481 e. The van der Waals surface area contributed by atoms with E-state index >= 15 is 0 Å². The molecule has 3 rings (SSSR count). The Hall–Kier alpha value is -0.570. The Morgan fingerprint density at radius 2 is 1.92 bits per heavy atom.